The Kier molecular flexibility index (Phi) is 8.06. The molecule has 8 heteroatoms. The van der Waals surface area contributed by atoms with Gasteiger partial charge in [0.25, 0.3) is 5.91 Å². The van der Waals surface area contributed by atoms with Crippen LogP contribution in [0.5, 0.6) is 0 Å². The third-order valence-electron chi connectivity index (χ3n) is 5.78. The van der Waals surface area contributed by atoms with E-state index in [9.17, 15) is 19.6 Å². The summed E-state index contributed by atoms with van der Waals surface area (Å²) < 4.78 is 5.03. The number of carbonyl (C=O) groups excluding carboxylic acids is 3. The summed E-state index contributed by atoms with van der Waals surface area (Å²) in [6.45, 7) is 3.91. The quantitative estimate of drug-likeness (QED) is 0.265. The number of nitriles is 1. The van der Waals surface area contributed by atoms with Gasteiger partial charge in [0.2, 0.25) is 5.91 Å². The van der Waals surface area contributed by atoms with Gasteiger partial charge in [0.05, 0.1) is 23.1 Å². The lowest BCUT2D eigenvalue weighted by Crippen LogP contribution is -2.31. The van der Waals surface area contributed by atoms with Gasteiger partial charge in [-0.3, -0.25) is 14.5 Å². The van der Waals surface area contributed by atoms with E-state index in [1.54, 1.807) is 61.5 Å². The van der Waals surface area contributed by atoms with Crippen molar-refractivity contribution in [1.82, 2.24) is 0 Å². The van der Waals surface area contributed by atoms with Crippen molar-refractivity contribution < 1.29 is 19.1 Å². The van der Waals surface area contributed by atoms with Gasteiger partial charge in [0.1, 0.15) is 16.7 Å². The molecule has 4 rings (SSSR count). The Morgan fingerprint density at radius 3 is 2.35 bits per heavy atom. The standard InChI is InChI=1S/C29H25N3O4S/c1-3-36-29(35)21-15-13-20(14-16-21)17-25-27(34)32(24-12-8-7-9-19(24)2)28(37-25)23(18-30)26(33)31-22-10-5-4-6-11-22/h4-16,25H,3,17H2,1-2H3,(H,31,33). The second-order valence-electron chi connectivity index (χ2n) is 8.30. The third-order valence-corrected chi connectivity index (χ3v) is 7.04. The van der Waals surface area contributed by atoms with Crippen molar-refractivity contribution in [3.63, 3.8) is 0 Å². The molecule has 0 radical (unpaired) electrons. The average Bonchev–Trinajstić information content (AvgIpc) is 3.21. The lowest BCUT2D eigenvalue weighted by molar-refractivity contribution is -0.117. The minimum absolute atomic E-state index is 0.134. The number of nitrogens with one attached hydrogen (secondary N) is 1. The first-order valence-electron chi connectivity index (χ1n) is 11.8. The molecular formula is C29H25N3O4S. The molecule has 1 unspecified atom stereocenters. The van der Waals surface area contributed by atoms with Crippen LogP contribution in [0.3, 0.4) is 0 Å². The summed E-state index contributed by atoms with van der Waals surface area (Å²) in [5.74, 6) is -1.20. The molecule has 3 aromatic carbocycles. The van der Waals surface area contributed by atoms with Crippen molar-refractivity contribution in [2.75, 3.05) is 16.8 Å². The highest BCUT2D eigenvalue weighted by Gasteiger charge is 2.41. The van der Waals surface area contributed by atoms with Crippen LogP contribution in [0.25, 0.3) is 0 Å². The number of rotatable bonds is 7. The normalized spacial score (nSPS) is 16.2. The lowest BCUT2D eigenvalue weighted by atomic mass is 10.1. The number of amides is 2. The average molecular weight is 512 g/mol. The van der Waals surface area contributed by atoms with Crippen molar-refractivity contribution >= 4 is 40.9 Å². The van der Waals surface area contributed by atoms with Gasteiger partial charge in [-0.2, -0.15) is 5.26 Å². The highest BCUT2D eigenvalue weighted by molar-refractivity contribution is 8.05. The van der Waals surface area contributed by atoms with Crippen molar-refractivity contribution in [2.45, 2.75) is 25.5 Å². The number of hydrogen-bond donors (Lipinski definition) is 1. The highest BCUT2D eigenvalue weighted by Crippen LogP contribution is 2.43. The summed E-state index contributed by atoms with van der Waals surface area (Å²) >= 11 is 1.20. The summed E-state index contributed by atoms with van der Waals surface area (Å²) in [4.78, 5) is 40.3. The van der Waals surface area contributed by atoms with Crippen LogP contribution in [0.15, 0.2) is 89.5 Å². The van der Waals surface area contributed by atoms with Crippen LogP contribution in [0, 0.1) is 18.3 Å². The molecule has 37 heavy (non-hydrogen) atoms. The van der Waals surface area contributed by atoms with E-state index in [1.165, 1.54) is 16.7 Å². The maximum absolute atomic E-state index is 13.7. The van der Waals surface area contributed by atoms with E-state index < -0.39 is 17.1 Å². The molecule has 1 aliphatic heterocycles. The number of carbonyl (C=O) groups is 3. The summed E-state index contributed by atoms with van der Waals surface area (Å²) in [5.41, 5.74) is 3.16. The zero-order valence-corrected chi connectivity index (χ0v) is 21.2. The molecule has 1 saturated heterocycles. The van der Waals surface area contributed by atoms with Crippen LogP contribution in [0.4, 0.5) is 11.4 Å². The predicted molar refractivity (Wildman–Crippen MR) is 144 cm³/mol. The molecule has 1 aliphatic rings. The Labute approximate surface area is 219 Å². The van der Waals surface area contributed by atoms with Crippen molar-refractivity contribution in [3.05, 3.63) is 106 Å². The summed E-state index contributed by atoms with van der Waals surface area (Å²) in [6.07, 6.45) is 0.359. The minimum Gasteiger partial charge on any atom is -0.462 e. The summed E-state index contributed by atoms with van der Waals surface area (Å²) in [5, 5.41) is 12.5. The molecule has 1 atom stereocenters. The van der Waals surface area contributed by atoms with Crippen LogP contribution in [0.2, 0.25) is 0 Å². The topological polar surface area (TPSA) is 99.5 Å². The van der Waals surface area contributed by atoms with Crippen LogP contribution >= 0.6 is 11.8 Å². The van der Waals surface area contributed by atoms with Gasteiger partial charge in [-0.05, 0) is 61.7 Å². The molecule has 0 saturated carbocycles. The molecule has 2 amide bonds. The number of nitrogens with zero attached hydrogens (tertiary/aromatic N) is 2. The lowest BCUT2D eigenvalue weighted by Gasteiger charge is -2.20. The molecule has 0 aliphatic carbocycles. The van der Waals surface area contributed by atoms with Gasteiger partial charge in [-0.25, -0.2) is 4.79 Å². The molecule has 7 nitrogen and oxygen atoms in total. The maximum atomic E-state index is 13.7. The first-order valence-corrected chi connectivity index (χ1v) is 12.6. The fourth-order valence-corrected chi connectivity index (χ4v) is 5.24. The molecule has 0 spiro atoms. The van der Waals surface area contributed by atoms with E-state index in [4.69, 9.17) is 4.74 Å². The molecule has 1 N–H and O–H groups in total. The molecule has 1 fully saturated rings. The van der Waals surface area contributed by atoms with Gasteiger partial charge < -0.3 is 10.1 Å². The van der Waals surface area contributed by atoms with Crippen LogP contribution < -0.4 is 10.2 Å². The van der Waals surface area contributed by atoms with Crippen molar-refractivity contribution in [3.8, 4) is 6.07 Å². The fourth-order valence-electron chi connectivity index (χ4n) is 3.94. The zero-order chi connectivity index (χ0) is 26.4. The van der Waals surface area contributed by atoms with Gasteiger partial charge in [-0.1, -0.05) is 60.3 Å². The Morgan fingerprint density at radius 1 is 1.03 bits per heavy atom. The van der Waals surface area contributed by atoms with Gasteiger partial charge in [-0.15, -0.1) is 0 Å². The van der Waals surface area contributed by atoms with Crippen LogP contribution in [-0.4, -0.2) is 29.6 Å². The number of hydrogen-bond acceptors (Lipinski definition) is 6. The Balaban J connectivity index is 1.67. The first-order chi connectivity index (χ1) is 17.9. The SMILES string of the molecule is CCOC(=O)c1ccc(CC2SC(=C(C#N)C(=O)Nc3ccccc3)N(c3ccccc3C)C2=O)cc1. The monoisotopic (exact) mass is 511 g/mol. The molecule has 1 heterocycles. The number of esters is 1. The third kappa shape index (κ3) is 5.74. The van der Waals surface area contributed by atoms with Gasteiger partial charge in [0.15, 0.2) is 0 Å². The molecule has 186 valence electrons. The van der Waals surface area contributed by atoms with E-state index in [0.717, 1.165) is 11.1 Å². The van der Waals surface area contributed by atoms with E-state index in [0.29, 0.717) is 28.4 Å². The second-order valence-corrected chi connectivity index (χ2v) is 9.49. The number of para-hydroxylation sites is 2. The van der Waals surface area contributed by atoms with E-state index in [2.05, 4.69) is 5.32 Å². The largest absolute Gasteiger partial charge is 0.462 e. The predicted octanol–water partition coefficient (Wildman–Crippen LogP) is 5.24. The second kappa shape index (κ2) is 11.6. The van der Waals surface area contributed by atoms with Gasteiger partial charge >= 0.3 is 5.97 Å². The number of thioether (sulfide) groups is 1. The smallest absolute Gasteiger partial charge is 0.338 e. The van der Waals surface area contributed by atoms with Crippen molar-refractivity contribution in [2.24, 2.45) is 0 Å². The van der Waals surface area contributed by atoms with Crippen LogP contribution in [0.1, 0.15) is 28.4 Å². The minimum atomic E-state index is -0.581. The number of ether oxygens (including phenoxy) is 1. The molecule has 0 bridgehead atoms. The van der Waals surface area contributed by atoms with E-state index in [-0.39, 0.29) is 18.1 Å². The van der Waals surface area contributed by atoms with E-state index in [1.807, 2.05) is 37.3 Å². The zero-order valence-electron chi connectivity index (χ0n) is 20.4. The summed E-state index contributed by atoms with van der Waals surface area (Å²) in [7, 11) is 0. The molecule has 0 aromatic heterocycles. The Bertz CT molecular complexity index is 1390. The Hall–Kier alpha value is -4.35. The number of aryl methyl sites for hydroxylation is 1. The van der Waals surface area contributed by atoms with Crippen LogP contribution in [-0.2, 0) is 20.7 Å². The number of benzene rings is 3. The Morgan fingerprint density at radius 2 is 1.70 bits per heavy atom. The first kappa shape index (κ1) is 25.7. The maximum Gasteiger partial charge on any atom is 0.338 e. The molecular weight excluding hydrogens is 486 g/mol. The van der Waals surface area contributed by atoms with Crippen molar-refractivity contribution in [1.29, 1.82) is 5.26 Å². The molecule has 3 aromatic rings. The summed E-state index contributed by atoms with van der Waals surface area (Å²) in [6, 6.07) is 25.1. The highest BCUT2D eigenvalue weighted by atomic mass is 32.2. The van der Waals surface area contributed by atoms with E-state index >= 15 is 0 Å². The number of anilines is 2. The van der Waals surface area contributed by atoms with Gasteiger partial charge in [0, 0.05) is 5.69 Å². The fraction of sp³-hybridized carbons (Fsp3) is 0.172.